The van der Waals surface area contributed by atoms with E-state index in [0.717, 1.165) is 38.5 Å². The van der Waals surface area contributed by atoms with Gasteiger partial charge in [0.05, 0.1) is 5.69 Å². The fraction of sp³-hybridized carbons (Fsp3) is 0. The number of hydrogen-bond acceptors (Lipinski definition) is 1. The molecule has 1 aromatic heterocycles. The Labute approximate surface area is 145 Å². The molecule has 0 saturated heterocycles. The molecule has 0 aliphatic rings. The molecule has 2 nitrogen and oxygen atoms in total. The Kier molecular flexibility index (Phi) is 3.89. The molecule has 3 aromatic carbocycles. The van der Waals surface area contributed by atoms with E-state index >= 15 is 0 Å². The van der Waals surface area contributed by atoms with E-state index in [1.807, 2.05) is 48.5 Å². The van der Waals surface area contributed by atoms with Crippen LogP contribution in [-0.2, 0) is 0 Å². The number of aromatic amines is 1. The van der Waals surface area contributed by atoms with Crippen molar-refractivity contribution in [1.29, 1.82) is 0 Å². The molecule has 0 aliphatic carbocycles. The number of rotatable bonds is 3. The van der Waals surface area contributed by atoms with Crippen LogP contribution in [0.4, 0.5) is 0 Å². The Morgan fingerprint density at radius 3 is 2.29 bits per heavy atom. The molecule has 4 aromatic rings. The third kappa shape index (κ3) is 2.84. The van der Waals surface area contributed by atoms with Crippen molar-refractivity contribution in [3.63, 3.8) is 0 Å². The monoisotopic (exact) mass is 329 g/mol. The Morgan fingerprint density at radius 1 is 0.792 bits per heavy atom. The molecule has 1 heterocycles. The second-order valence-electron chi connectivity index (χ2n) is 5.50. The van der Waals surface area contributed by atoms with Gasteiger partial charge in [-0.3, -0.25) is 5.10 Å². The number of H-pyrrole nitrogens is 1. The lowest BCUT2D eigenvalue weighted by atomic mass is 9.93. The first-order chi connectivity index (χ1) is 11.8. The van der Waals surface area contributed by atoms with Crippen LogP contribution in [0.3, 0.4) is 0 Å². The Balaban J connectivity index is 1.91. The van der Waals surface area contributed by atoms with E-state index in [9.17, 15) is 0 Å². The van der Waals surface area contributed by atoms with Gasteiger partial charge >= 0.3 is 0 Å². The normalized spacial score (nSPS) is 10.7. The minimum absolute atomic E-state index is 0.723. The number of benzene rings is 3. The fourth-order valence-corrected chi connectivity index (χ4v) is 2.88. The quantitative estimate of drug-likeness (QED) is 0.500. The highest BCUT2D eigenvalue weighted by atomic mass is 35.5. The van der Waals surface area contributed by atoms with Gasteiger partial charge in [-0.2, -0.15) is 5.10 Å². The van der Waals surface area contributed by atoms with E-state index in [1.54, 1.807) is 6.20 Å². The number of aromatic nitrogens is 2. The van der Waals surface area contributed by atoms with Gasteiger partial charge in [0.15, 0.2) is 0 Å². The average Bonchev–Trinajstić information content (AvgIpc) is 3.17. The largest absolute Gasteiger partial charge is 0.278 e. The average molecular weight is 330 g/mol. The van der Waals surface area contributed by atoms with Gasteiger partial charge in [-0.1, -0.05) is 66.2 Å². The van der Waals surface area contributed by atoms with Gasteiger partial charge in [-0.15, -0.1) is 0 Å². The summed E-state index contributed by atoms with van der Waals surface area (Å²) in [5.41, 5.74) is 6.33. The van der Waals surface area contributed by atoms with Gasteiger partial charge in [0, 0.05) is 16.8 Å². The summed E-state index contributed by atoms with van der Waals surface area (Å²) in [4.78, 5) is 0. The predicted molar refractivity (Wildman–Crippen MR) is 98.7 cm³/mol. The molecule has 0 bridgehead atoms. The first kappa shape index (κ1) is 14.7. The van der Waals surface area contributed by atoms with Gasteiger partial charge in [0.1, 0.15) is 0 Å². The van der Waals surface area contributed by atoms with Crippen molar-refractivity contribution in [3.8, 4) is 33.5 Å². The zero-order valence-electron chi connectivity index (χ0n) is 12.8. The van der Waals surface area contributed by atoms with Crippen LogP contribution in [-0.4, -0.2) is 10.2 Å². The zero-order valence-corrected chi connectivity index (χ0v) is 13.6. The number of halogens is 1. The van der Waals surface area contributed by atoms with Crippen molar-refractivity contribution in [2.45, 2.75) is 0 Å². The smallest absolute Gasteiger partial charge is 0.0656 e. The molecule has 1 N–H and O–H groups in total. The van der Waals surface area contributed by atoms with Gasteiger partial charge in [-0.25, -0.2) is 0 Å². The number of nitrogens with one attached hydrogen (secondary N) is 1. The molecular weight excluding hydrogens is 316 g/mol. The highest BCUT2D eigenvalue weighted by molar-refractivity contribution is 6.30. The molecule has 0 aliphatic heterocycles. The summed E-state index contributed by atoms with van der Waals surface area (Å²) in [6, 6.07) is 27.8. The Bertz CT molecular complexity index is 943. The topological polar surface area (TPSA) is 28.7 Å². The van der Waals surface area contributed by atoms with Gasteiger partial charge in [0.2, 0.25) is 0 Å². The molecule has 0 saturated carbocycles. The zero-order chi connectivity index (χ0) is 16.4. The van der Waals surface area contributed by atoms with E-state index in [4.69, 9.17) is 11.6 Å². The van der Waals surface area contributed by atoms with Crippen LogP contribution in [0.15, 0.2) is 79.0 Å². The second kappa shape index (κ2) is 6.34. The summed E-state index contributed by atoms with van der Waals surface area (Å²) < 4.78 is 0. The number of hydrogen-bond donors (Lipinski definition) is 1. The molecule has 0 unspecified atom stereocenters. The van der Waals surface area contributed by atoms with Crippen LogP contribution in [0, 0.1) is 6.07 Å². The van der Waals surface area contributed by atoms with Crippen LogP contribution in [0.1, 0.15) is 0 Å². The summed E-state index contributed by atoms with van der Waals surface area (Å²) in [6.45, 7) is 0. The molecule has 3 heteroatoms. The van der Waals surface area contributed by atoms with Crippen molar-refractivity contribution >= 4 is 11.6 Å². The van der Waals surface area contributed by atoms with Crippen LogP contribution < -0.4 is 0 Å². The second-order valence-corrected chi connectivity index (χ2v) is 5.94. The Morgan fingerprint density at radius 2 is 1.58 bits per heavy atom. The maximum absolute atomic E-state index is 6.04. The van der Waals surface area contributed by atoms with E-state index in [1.165, 1.54) is 0 Å². The standard InChI is InChI=1S/C21H14ClN2/c22-18-9-6-16(7-10-18)20-14-17(15-4-2-1-3-5-15)8-11-19(20)21-12-13-23-24-21/h1-13H,(H,23,24). The summed E-state index contributed by atoms with van der Waals surface area (Å²) >= 11 is 6.04. The molecule has 1 radical (unpaired) electrons. The predicted octanol–water partition coefficient (Wildman–Crippen LogP) is 5.86. The van der Waals surface area contributed by atoms with E-state index in [2.05, 4.69) is 40.5 Å². The van der Waals surface area contributed by atoms with E-state index in [-0.39, 0.29) is 0 Å². The maximum atomic E-state index is 6.04. The van der Waals surface area contributed by atoms with Crippen LogP contribution in [0.5, 0.6) is 0 Å². The first-order valence-corrected chi connectivity index (χ1v) is 8.06. The van der Waals surface area contributed by atoms with Gasteiger partial charge in [0.25, 0.3) is 0 Å². The molecule has 0 atom stereocenters. The summed E-state index contributed by atoms with van der Waals surface area (Å²) in [6.07, 6.45) is 1.76. The number of nitrogens with zero attached hydrogens (tertiary/aromatic N) is 1. The molecule has 4 rings (SSSR count). The molecule has 115 valence electrons. The summed E-state index contributed by atoms with van der Waals surface area (Å²) in [5.74, 6) is 0. The van der Waals surface area contributed by atoms with Crippen LogP contribution in [0.2, 0.25) is 5.02 Å². The van der Waals surface area contributed by atoms with Crippen molar-refractivity contribution in [1.82, 2.24) is 10.2 Å². The van der Waals surface area contributed by atoms with Gasteiger partial charge in [-0.05, 0) is 46.5 Å². The minimum Gasteiger partial charge on any atom is -0.278 e. The van der Waals surface area contributed by atoms with E-state index in [0.29, 0.717) is 0 Å². The maximum Gasteiger partial charge on any atom is 0.0656 e. The van der Waals surface area contributed by atoms with Crippen molar-refractivity contribution in [3.05, 3.63) is 90.1 Å². The third-order valence-corrected chi connectivity index (χ3v) is 4.21. The molecule has 0 fully saturated rings. The first-order valence-electron chi connectivity index (χ1n) is 7.69. The van der Waals surface area contributed by atoms with Crippen molar-refractivity contribution in [2.24, 2.45) is 0 Å². The minimum atomic E-state index is 0.723. The lowest BCUT2D eigenvalue weighted by Gasteiger charge is -2.11. The summed E-state index contributed by atoms with van der Waals surface area (Å²) in [5, 5.41) is 7.83. The summed E-state index contributed by atoms with van der Waals surface area (Å²) in [7, 11) is 0. The van der Waals surface area contributed by atoms with Gasteiger partial charge < -0.3 is 0 Å². The lowest BCUT2D eigenvalue weighted by molar-refractivity contribution is 1.10. The highest BCUT2D eigenvalue weighted by Gasteiger charge is 2.11. The SMILES string of the molecule is Clc1ccc(-c2[c]c(-c3ccccc3)ccc2-c2ccn[nH]2)cc1. The van der Waals surface area contributed by atoms with Crippen molar-refractivity contribution in [2.75, 3.05) is 0 Å². The third-order valence-electron chi connectivity index (χ3n) is 3.95. The molecule has 24 heavy (non-hydrogen) atoms. The van der Waals surface area contributed by atoms with Crippen LogP contribution in [0.25, 0.3) is 33.5 Å². The van der Waals surface area contributed by atoms with E-state index < -0.39 is 0 Å². The lowest BCUT2D eigenvalue weighted by Crippen LogP contribution is -1.88. The molecule has 0 spiro atoms. The van der Waals surface area contributed by atoms with Crippen LogP contribution >= 0.6 is 11.6 Å². The Hall–Kier alpha value is -2.84. The molecular formula is C21H14ClN2. The highest BCUT2D eigenvalue weighted by Crippen LogP contribution is 2.34. The molecule has 0 amide bonds. The van der Waals surface area contributed by atoms with Crippen molar-refractivity contribution < 1.29 is 0 Å². The fourth-order valence-electron chi connectivity index (χ4n) is 2.75.